The van der Waals surface area contributed by atoms with Gasteiger partial charge in [-0.05, 0) is 37.3 Å². The molecule has 7 nitrogen and oxygen atoms in total. The Morgan fingerprint density at radius 1 is 1.22 bits per heavy atom. The van der Waals surface area contributed by atoms with Crippen LogP contribution in [0.5, 0.6) is 0 Å². The molecule has 8 heteroatoms. The van der Waals surface area contributed by atoms with Crippen molar-refractivity contribution in [3.63, 3.8) is 0 Å². The highest BCUT2D eigenvalue weighted by atomic mass is 19.1. The van der Waals surface area contributed by atoms with Gasteiger partial charge >= 0.3 is 0 Å². The highest BCUT2D eigenvalue weighted by Crippen LogP contribution is 2.13. The maximum Gasteiger partial charge on any atom is 0.178 e. The fourth-order valence-corrected chi connectivity index (χ4v) is 2.45. The summed E-state index contributed by atoms with van der Waals surface area (Å²) in [5.41, 5.74) is 2.19. The van der Waals surface area contributed by atoms with Crippen molar-refractivity contribution in [2.24, 2.45) is 0 Å². The van der Waals surface area contributed by atoms with E-state index in [-0.39, 0.29) is 5.82 Å². The van der Waals surface area contributed by atoms with Gasteiger partial charge in [0.2, 0.25) is 0 Å². The normalized spacial score (nSPS) is 11.4. The number of rotatable bonds is 4. The Balaban J connectivity index is 1.46. The highest BCUT2D eigenvalue weighted by Gasteiger charge is 2.05. The number of hydrogen-bond donors (Lipinski definition) is 2. The minimum atomic E-state index is -0.271. The molecule has 2 N–H and O–H groups in total. The van der Waals surface area contributed by atoms with Gasteiger partial charge in [-0.25, -0.2) is 9.37 Å². The average molecular weight is 311 g/mol. The first-order valence-corrected chi connectivity index (χ1v) is 7.26. The fourth-order valence-electron chi connectivity index (χ4n) is 2.45. The summed E-state index contributed by atoms with van der Waals surface area (Å²) in [6.07, 6.45) is 0.678. The van der Waals surface area contributed by atoms with Crippen molar-refractivity contribution in [3.05, 3.63) is 47.8 Å². The van der Waals surface area contributed by atoms with Gasteiger partial charge in [-0.1, -0.05) is 0 Å². The van der Waals surface area contributed by atoms with Crippen molar-refractivity contribution < 1.29 is 4.39 Å². The Kier molecular flexibility index (Phi) is 3.14. The number of H-pyrrole nitrogens is 1. The molecule has 0 radical (unpaired) electrons. The van der Waals surface area contributed by atoms with Gasteiger partial charge in [-0.15, -0.1) is 15.3 Å². The zero-order valence-corrected chi connectivity index (χ0v) is 12.4. The molecule has 0 aliphatic carbocycles. The summed E-state index contributed by atoms with van der Waals surface area (Å²) in [4.78, 5) is 7.55. The minimum Gasteiger partial charge on any atom is -0.368 e. The van der Waals surface area contributed by atoms with Gasteiger partial charge in [0, 0.05) is 13.0 Å². The van der Waals surface area contributed by atoms with Crippen LogP contribution in [0.3, 0.4) is 0 Å². The van der Waals surface area contributed by atoms with Gasteiger partial charge in [-0.3, -0.25) is 0 Å². The predicted octanol–water partition coefficient (Wildman–Crippen LogP) is 2.10. The summed E-state index contributed by atoms with van der Waals surface area (Å²) >= 11 is 0. The van der Waals surface area contributed by atoms with E-state index in [1.165, 1.54) is 12.1 Å². The first-order valence-electron chi connectivity index (χ1n) is 7.26. The number of hydrogen-bond acceptors (Lipinski definition) is 5. The molecule has 0 amide bonds. The smallest absolute Gasteiger partial charge is 0.178 e. The minimum absolute atomic E-state index is 0.271. The second kappa shape index (κ2) is 5.31. The number of nitrogens with one attached hydrogen (secondary N) is 2. The van der Waals surface area contributed by atoms with E-state index in [4.69, 9.17) is 0 Å². The molecular weight excluding hydrogens is 297 g/mol. The van der Waals surface area contributed by atoms with Gasteiger partial charge in [0.05, 0.1) is 11.0 Å². The zero-order chi connectivity index (χ0) is 15.8. The van der Waals surface area contributed by atoms with Crippen LogP contribution in [-0.2, 0) is 6.42 Å². The fraction of sp³-hybridized carbons (Fsp3) is 0.200. The lowest BCUT2D eigenvalue weighted by atomic mass is 10.3. The molecule has 4 rings (SSSR count). The third kappa shape index (κ3) is 2.59. The number of imidazole rings is 1. The summed E-state index contributed by atoms with van der Waals surface area (Å²) in [5.74, 6) is 2.01. The van der Waals surface area contributed by atoms with Crippen LogP contribution >= 0.6 is 0 Å². The molecule has 116 valence electrons. The predicted molar refractivity (Wildman–Crippen MR) is 83.8 cm³/mol. The van der Waals surface area contributed by atoms with Gasteiger partial charge < -0.3 is 10.3 Å². The number of aromatic amines is 1. The van der Waals surface area contributed by atoms with Crippen LogP contribution in [0.4, 0.5) is 10.2 Å². The Morgan fingerprint density at radius 3 is 3.04 bits per heavy atom. The molecule has 3 heterocycles. The molecule has 0 fully saturated rings. The molecule has 0 saturated heterocycles. The third-order valence-corrected chi connectivity index (χ3v) is 3.58. The maximum absolute atomic E-state index is 13.2. The summed E-state index contributed by atoms with van der Waals surface area (Å²) < 4.78 is 14.9. The van der Waals surface area contributed by atoms with Gasteiger partial charge in [0.15, 0.2) is 11.5 Å². The van der Waals surface area contributed by atoms with Crippen molar-refractivity contribution in [1.29, 1.82) is 0 Å². The van der Waals surface area contributed by atoms with E-state index in [0.717, 1.165) is 23.0 Å². The Bertz CT molecular complexity index is 988. The molecule has 0 bridgehead atoms. The number of halogens is 1. The zero-order valence-electron chi connectivity index (χ0n) is 12.4. The Labute approximate surface area is 130 Å². The Morgan fingerprint density at radius 2 is 2.13 bits per heavy atom. The van der Waals surface area contributed by atoms with E-state index in [2.05, 4.69) is 30.6 Å². The van der Waals surface area contributed by atoms with Crippen molar-refractivity contribution in [2.45, 2.75) is 13.3 Å². The second-order valence-electron chi connectivity index (χ2n) is 5.26. The third-order valence-electron chi connectivity index (χ3n) is 3.58. The van der Waals surface area contributed by atoms with Crippen LogP contribution in [-0.4, -0.2) is 36.3 Å². The number of aromatic nitrogens is 6. The van der Waals surface area contributed by atoms with Crippen LogP contribution in [0.1, 0.15) is 11.6 Å². The summed E-state index contributed by atoms with van der Waals surface area (Å²) in [6, 6.07) is 8.24. The standard InChI is InChI=1S/C15H14FN7/c1-9-20-21-15-5-4-13(22-23(9)15)17-7-6-14-18-11-3-2-10(16)8-12(11)19-14/h2-5,8H,6-7H2,1H3,(H,17,22)(H,18,19). The molecule has 23 heavy (non-hydrogen) atoms. The molecule has 3 aromatic heterocycles. The summed E-state index contributed by atoms with van der Waals surface area (Å²) in [6.45, 7) is 2.51. The van der Waals surface area contributed by atoms with Gasteiger partial charge in [-0.2, -0.15) is 4.52 Å². The van der Waals surface area contributed by atoms with E-state index in [0.29, 0.717) is 24.1 Å². The Hall–Kier alpha value is -3.03. The lowest BCUT2D eigenvalue weighted by molar-refractivity contribution is 0.629. The SMILES string of the molecule is Cc1nnc2ccc(NCCc3nc4ccc(F)cc4[nH]3)nn12. The molecule has 0 unspecified atom stereocenters. The summed E-state index contributed by atoms with van der Waals surface area (Å²) in [5, 5.41) is 15.6. The van der Waals surface area contributed by atoms with Gasteiger partial charge in [0.1, 0.15) is 17.5 Å². The highest BCUT2D eigenvalue weighted by molar-refractivity contribution is 5.74. The van der Waals surface area contributed by atoms with E-state index < -0.39 is 0 Å². The van der Waals surface area contributed by atoms with Crippen LogP contribution in [0, 0.1) is 12.7 Å². The van der Waals surface area contributed by atoms with Crippen molar-refractivity contribution in [1.82, 2.24) is 29.8 Å². The van der Waals surface area contributed by atoms with Crippen molar-refractivity contribution >= 4 is 22.5 Å². The van der Waals surface area contributed by atoms with Crippen LogP contribution in [0.2, 0.25) is 0 Å². The number of fused-ring (bicyclic) bond motifs is 2. The number of nitrogens with zero attached hydrogens (tertiary/aromatic N) is 5. The van der Waals surface area contributed by atoms with Crippen LogP contribution in [0.15, 0.2) is 30.3 Å². The lowest BCUT2D eigenvalue weighted by Gasteiger charge is -2.04. The first-order chi connectivity index (χ1) is 11.2. The van der Waals surface area contributed by atoms with Gasteiger partial charge in [0.25, 0.3) is 0 Å². The molecule has 0 aliphatic heterocycles. The van der Waals surface area contributed by atoms with E-state index in [9.17, 15) is 4.39 Å². The molecule has 0 atom stereocenters. The maximum atomic E-state index is 13.2. The number of aryl methyl sites for hydroxylation is 1. The number of benzene rings is 1. The first kappa shape index (κ1) is 13.6. The molecule has 0 spiro atoms. The lowest BCUT2D eigenvalue weighted by Crippen LogP contribution is -2.09. The quantitative estimate of drug-likeness (QED) is 0.603. The van der Waals surface area contributed by atoms with E-state index >= 15 is 0 Å². The topological polar surface area (TPSA) is 83.8 Å². The summed E-state index contributed by atoms with van der Waals surface area (Å²) in [7, 11) is 0. The van der Waals surface area contributed by atoms with E-state index in [1.807, 2.05) is 19.1 Å². The van der Waals surface area contributed by atoms with Crippen LogP contribution in [0.25, 0.3) is 16.7 Å². The van der Waals surface area contributed by atoms with Crippen molar-refractivity contribution in [2.75, 3.05) is 11.9 Å². The molecule has 0 saturated carbocycles. The van der Waals surface area contributed by atoms with Crippen LogP contribution < -0.4 is 5.32 Å². The average Bonchev–Trinajstić information content (AvgIpc) is 3.11. The molecule has 0 aliphatic rings. The molecule has 1 aromatic carbocycles. The van der Waals surface area contributed by atoms with Crippen molar-refractivity contribution in [3.8, 4) is 0 Å². The number of anilines is 1. The largest absolute Gasteiger partial charge is 0.368 e. The van der Waals surface area contributed by atoms with E-state index in [1.54, 1.807) is 10.6 Å². The second-order valence-corrected chi connectivity index (χ2v) is 5.26. The molecule has 4 aromatic rings. The monoisotopic (exact) mass is 311 g/mol. The molecular formula is C15H14FN7.